The summed E-state index contributed by atoms with van der Waals surface area (Å²) in [4.78, 5) is 27.6. The Bertz CT molecular complexity index is 888. The Labute approximate surface area is 162 Å². The molecular formula is C21H23FN2O4. The average Bonchev–Trinajstić information content (AvgIpc) is 3.26. The summed E-state index contributed by atoms with van der Waals surface area (Å²) in [5.74, 6) is -0.247. The minimum Gasteiger partial charge on any atom is -0.456 e. The van der Waals surface area contributed by atoms with E-state index in [4.69, 9.17) is 9.15 Å². The zero-order valence-corrected chi connectivity index (χ0v) is 15.7. The van der Waals surface area contributed by atoms with Crippen LogP contribution in [0.15, 0.2) is 40.8 Å². The predicted molar refractivity (Wildman–Crippen MR) is 100 cm³/mol. The molecule has 28 heavy (non-hydrogen) atoms. The van der Waals surface area contributed by atoms with Crippen molar-refractivity contribution in [1.29, 1.82) is 0 Å². The van der Waals surface area contributed by atoms with Gasteiger partial charge in [0.15, 0.2) is 5.76 Å². The summed E-state index contributed by atoms with van der Waals surface area (Å²) >= 11 is 0. The maximum atomic E-state index is 13.5. The van der Waals surface area contributed by atoms with Crippen molar-refractivity contribution >= 4 is 17.5 Å². The first-order valence-electron chi connectivity index (χ1n) is 9.47. The van der Waals surface area contributed by atoms with Gasteiger partial charge in [-0.3, -0.25) is 9.59 Å². The lowest BCUT2D eigenvalue weighted by Gasteiger charge is -2.37. The molecule has 2 aliphatic rings. The molecule has 0 aliphatic carbocycles. The van der Waals surface area contributed by atoms with Gasteiger partial charge in [0.05, 0.1) is 5.92 Å². The summed E-state index contributed by atoms with van der Waals surface area (Å²) < 4.78 is 24.4. The van der Waals surface area contributed by atoms with Crippen LogP contribution >= 0.6 is 0 Å². The number of anilines is 1. The molecular weight excluding hydrogens is 363 g/mol. The number of carbonyl (C=O) groups excluding carboxylic acids is 2. The quantitative estimate of drug-likeness (QED) is 0.879. The first-order valence-corrected chi connectivity index (χ1v) is 9.47. The number of nitrogens with zero attached hydrogens (tertiary/aromatic N) is 1. The number of halogens is 1. The van der Waals surface area contributed by atoms with Crippen LogP contribution in [0.3, 0.4) is 0 Å². The minimum absolute atomic E-state index is 0.196. The van der Waals surface area contributed by atoms with Gasteiger partial charge in [0.25, 0.3) is 5.91 Å². The van der Waals surface area contributed by atoms with Crippen LogP contribution in [0.1, 0.15) is 29.2 Å². The van der Waals surface area contributed by atoms with Gasteiger partial charge < -0.3 is 19.4 Å². The molecule has 0 radical (unpaired) electrons. The molecule has 2 aliphatic heterocycles. The highest BCUT2D eigenvalue weighted by Crippen LogP contribution is 2.45. The molecule has 0 unspecified atom stereocenters. The summed E-state index contributed by atoms with van der Waals surface area (Å²) in [6.45, 7) is 3.70. The Morgan fingerprint density at radius 3 is 2.68 bits per heavy atom. The van der Waals surface area contributed by atoms with E-state index in [0.717, 1.165) is 0 Å². The van der Waals surface area contributed by atoms with Gasteiger partial charge in [0, 0.05) is 37.4 Å². The van der Waals surface area contributed by atoms with Crippen molar-refractivity contribution < 1.29 is 23.1 Å². The van der Waals surface area contributed by atoms with E-state index in [1.165, 1.54) is 12.1 Å². The summed E-state index contributed by atoms with van der Waals surface area (Å²) in [7, 11) is 0. The molecule has 1 aromatic heterocycles. The molecule has 1 N–H and O–H groups in total. The molecule has 6 nitrogen and oxygen atoms in total. The molecule has 0 saturated carbocycles. The number of hydrogen-bond donors (Lipinski definition) is 1. The standard InChI is InChI=1S/C21H23FN2O4/c1-14-5-6-18(28-14)20(26)24-12-17(21(13-24)7-9-27-10-8-21)19(25)23-16-4-2-3-15(22)11-16/h2-6,11,17H,7-10,12-13H2,1H3,(H,23,25)/t17-/m1/s1. The number of carbonyl (C=O) groups is 2. The van der Waals surface area contributed by atoms with E-state index in [1.54, 1.807) is 36.1 Å². The minimum atomic E-state index is -0.407. The van der Waals surface area contributed by atoms with E-state index >= 15 is 0 Å². The molecule has 1 aromatic carbocycles. The number of hydrogen-bond acceptors (Lipinski definition) is 4. The van der Waals surface area contributed by atoms with Crippen LogP contribution in [-0.4, -0.2) is 43.0 Å². The van der Waals surface area contributed by atoms with Gasteiger partial charge >= 0.3 is 0 Å². The van der Waals surface area contributed by atoms with Crippen LogP contribution in [0.2, 0.25) is 0 Å². The number of rotatable bonds is 3. The van der Waals surface area contributed by atoms with Crippen molar-refractivity contribution in [2.75, 3.05) is 31.6 Å². The van der Waals surface area contributed by atoms with Gasteiger partial charge in [-0.25, -0.2) is 4.39 Å². The Hall–Kier alpha value is -2.67. The van der Waals surface area contributed by atoms with Gasteiger partial charge in [0.1, 0.15) is 11.6 Å². The van der Waals surface area contributed by atoms with Crippen LogP contribution in [0, 0.1) is 24.1 Å². The lowest BCUT2D eigenvalue weighted by atomic mass is 9.71. The molecule has 2 saturated heterocycles. The molecule has 3 heterocycles. The molecule has 1 atom stereocenters. The molecule has 0 bridgehead atoms. The maximum absolute atomic E-state index is 13.5. The zero-order chi connectivity index (χ0) is 19.7. The van der Waals surface area contributed by atoms with E-state index in [2.05, 4.69) is 5.32 Å². The van der Waals surface area contributed by atoms with E-state index < -0.39 is 5.82 Å². The van der Waals surface area contributed by atoms with Gasteiger partial charge in [-0.2, -0.15) is 0 Å². The smallest absolute Gasteiger partial charge is 0.289 e. The fraction of sp³-hybridized carbons (Fsp3) is 0.429. The highest BCUT2D eigenvalue weighted by molar-refractivity contribution is 5.96. The first-order chi connectivity index (χ1) is 13.5. The average molecular weight is 386 g/mol. The Morgan fingerprint density at radius 1 is 1.21 bits per heavy atom. The fourth-order valence-electron chi connectivity index (χ4n) is 4.27. The highest BCUT2D eigenvalue weighted by atomic mass is 19.1. The van der Waals surface area contributed by atoms with Crippen LogP contribution in [0.4, 0.5) is 10.1 Å². The molecule has 2 amide bonds. The van der Waals surface area contributed by atoms with Crippen molar-refractivity contribution in [3.05, 3.63) is 53.7 Å². The summed E-state index contributed by atoms with van der Waals surface area (Å²) in [6, 6.07) is 9.24. The summed E-state index contributed by atoms with van der Waals surface area (Å²) in [5.41, 5.74) is 0.0751. The van der Waals surface area contributed by atoms with Crippen molar-refractivity contribution in [3.63, 3.8) is 0 Å². The largest absolute Gasteiger partial charge is 0.456 e. The molecule has 1 spiro atoms. The Kier molecular flexibility index (Phi) is 4.93. The Morgan fingerprint density at radius 2 is 2.00 bits per heavy atom. The van der Waals surface area contributed by atoms with Crippen LogP contribution < -0.4 is 5.32 Å². The second kappa shape index (κ2) is 7.39. The number of amides is 2. The lowest BCUT2D eigenvalue weighted by molar-refractivity contribution is -0.124. The molecule has 2 fully saturated rings. The van der Waals surface area contributed by atoms with Crippen molar-refractivity contribution in [1.82, 2.24) is 4.90 Å². The molecule has 4 rings (SSSR count). The topological polar surface area (TPSA) is 71.8 Å². The fourth-order valence-corrected chi connectivity index (χ4v) is 4.27. The predicted octanol–water partition coefficient (Wildman–Crippen LogP) is 3.23. The van der Waals surface area contributed by atoms with Crippen molar-refractivity contribution in [2.45, 2.75) is 19.8 Å². The van der Waals surface area contributed by atoms with Crippen molar-refractivity contribution in [3.8, 4) is 0 Å². The first kappa shape index (κ1) is 18.7. The molecule has 148 valence electrons. The molecule has 7 heteroatoms. The number of furan rings is 1. The third-order valence-electron chi connectivity index (χ3n) is 5.78. The number of ether oxygens (including phenoxy) is 1. The second-order valence-electron chi connectivity index (χ2n) is 7.62. The van der Waals surface area contributed by atoms with Gasteiger partial charge in [-0.05, 0) is 50.1 Å². The van der Waals surface area contributed by atoms with Gasteiger partial charge in [-0.15, -0.1) is 0 Å². The van der Waals surface area contributed by atoms with Crippen molar-refractivity contribution in [2.24, 2.45) is 11.3 Å². The second-order valence-corrected chi connectivity index (χ2v) is 7.62. The van der Waals surface area contributed by atoms with Crippen LogP contribution in [0.5, 0.6) is 0 Å². The normalized spacial score (nSPS) is 21.1. The monoisotopic (exact) mass is 386 g/mol. The summed E-state index contributed by atoms with van der Waals surface area (Å²) in [5, 5.41) is 2.82. The lowest BCUT2D eigenvalue weighted by Crippen LogP contribution is -2.42. The maximum Gasteiger partial charge on any atom is 0.289 e. The Balaban J connectivity index is 1.56. The number of aryl methyl sites for hydroxylation is 1. The summed E-state index contributed by atoms with van der Waals surface area (Å²) in [6.07, 6.45) is 1.41. The highest BCUT2D eigenvalue weighted by Gasteiger charge is 2.52. The van der Waals surface area contributed by atoms with E-state index in [0.29, 0.717) is 50.6 Å². The SMILES string of the molecule is Cc1ccc(C(=O)N2C[C@H](C(=O)Nc3cccc(F)c3)C3(CCOCC3)C2)o1. The third-order valence-corrected chi connectivity index (χ3v) is 5.78. The van der Waals surface area contributed by atoms with E-state index in [9.17, 15) is 14.0 Å². The van der Waals surface area contributed by atoms with Gasteiger partial charge in [-0.1, -0.05) is 6.07 Å². The van der Waals surface area contributed by atoms with E-state index in [1.807, 2.05) is 0 Å². The van der Waals surface area contributed by atoms with Crippen LogP contribution in [-0.2, 0) is 9.53 Å². The third kappa shape index (κ3) is 3.54. The number of likely N-dealkylation sites (tertiary alicyclic amines) is 1. The van der Waals surface area contributed by atoms with Gasteiger partial charge in [0.2, 0.25) is 5.91 Å². The molecule has 2 aromatic rings. The van der Waals surface area contributed by atoms with Crippen LogP contribution in [0.25, 0.3) is 0 Å². The number of benzene rings is 1. The van der Waals surface area contributed by atoms with E-state index in [-0.39, 0.29) is 28.9 Å². The number of nitrogens with one attached hydrogen (secondary N) is 1. The zero-order valence-electron chi connectivity index (χ0n) is 15.7.